The van der Waals surface area contributed by atoms with Crippen molar-refractivity contribution in [1.82, 2.24) is 0 Å². The van der Waals surface area contributed by atoms with Gasteiger partial charge in [-0.05, 0) is 31.2 Å². The fraction of sp³-hybridized carbons (Fsp3) is 0.200. The maximum Gasteiger partial charge on any atom is 0.124 e. The van der Waals surface area contributed by atoms with Crippen molar-refractivity contribution in [3.63, 3.8) is 0 Å². The summed E-state index contributed by atoms with van der Waals surface area (Å²) in [7, 11) is 1.66. The maximum atomic E-state index is 6.15. The van der Waals surface area contributed by atoms with E-state index >= 15 is 0 Å². The molecule has 0 aliphatic rings. The van der Waals surface area contributed by atoms with E-state index in [1.807, 2.05) is 30.3 Å². The molecule has 0 heterocycles. The van der Waals surface area contributed by atoms with Crippen molar-refractivity contribution in [2.75, 3.05) is 12.4 Å². The zero-order valence-corrected chi connectivity index (χ0v) is 12.3. The van der Waals surface area contributed by atoms with Crippen molar-refractivity contribution < 1.29 is 4.74 Å². The van der Waals surface area contributed by atoms with Gasteiger partial charge in [-0.15, -0.1) is 0 Å². The fourth-order valence-electron chi connectivity index (χ4n) is 1.94. The molecule has 0 amide bonds. The van der Waals surface area contributed by atoms with Crippen LogP contribution in [-0.2, 0) is 0 Å². The second kappa shape index (κ2) is 6.18. The number of rotatable bonds is 4. The number of para-hydroxylation sites is 1. The zero-order valence-electron chi connectivity index (χ0n) is 10.8. The predicted molar refractivity (Wildman–Crippen MR) is 81.5 cm³/mol. The number of halogens is 2. The molecule has 0 saturated carbocycles. The summed E-state index contributed by atoms with van der Waals surface area (Å²) in [6, 6.07) is 13.3. The van der Waals surface area contributed by atoms with Gasteiger partial charge in [0.05, 0.1) is 23.9 Å². The normalized spacial score (nSPS) is 12.0. The van der Waals surface area contributed by atoms with Crippen molar-refractivity contribution in [3.8, 4) is 5.75 Å². The van der Waals surface area contributed by atoms with Crippen LogP contribution < -0.4 is 10.1 Å². The monoisotopic (exact) mass is 295 g/mol. The highest BCUT2D eigenvalue weighted by Crippen LogP contribution is 2.31. The van der Waals surface area contributed by atoms with E-state index in [-0.39, 0.29) is 6.04 Å². The number of nitrogens with one attached hydrogen (secondary N) is 1. The van der Waals surface area contributed by atoms with Crippen LogP contribution >= 0.6 is 23.2 Å². The van der Waals surface area contributed by atoms with Crippen molar-refractivity contribution in [1.29, 1.82) is 0 Å². The zero-order chi connectivity index (χ0) is 13.8. The van der Waals surface area contributed by atoms with Gasteiger partial charge in [0.1, 0.15) is 5.75 Å². The quantitative estimate of drug-likeness (QED) is 0.839. The summed E-state index contributed by atoms with van der Waals surface area (Å²) in [6.07, 6.45) is 0. The Hall–Kier alpha value is -1.38. The first-order valence-electron chi connectivity index (χ1n) is 5.96. The van der Waals surface area contributed by atoms with Gasteiger partial charge in [0.25, 0.3) is 0 Å². The molecule has 2 rings (SSSR count). The highest BCUT2D eigenvalue weighted by atomic mass is 35.5. The summed E-state index contributed by atoms with van der Waals surface area (Å²) >= 11 is 12.1. The van der Waals surface area contributed by atoms with Gasteiger partial charge in [0.15, 0.2) is 0 Å². The summed E-state index contributed by atoms with van der Waals surface area (Å²) in [4.78, 5) is 0. The highest BCUT2D eigenvalue weighted by Gasteiger charge is 2.12. The number of hydrogen-bond acceptors (Lipinski definition) is 2. The molecule has 2 aromatic rings. The third-order valence-electron chi connectivity index (χ3n) is 2.91. The molecule has 4 heteroatoms. The van der Waals surface area contributed by atoms with Crippen molar-refractivity contribution in [3.05, 3.63) is 58.1 Å². The molecule has 1 unspecified atom stereocenters. The van der Waals surface area contributed by atoms with Crippen molar-refractivity contribution >= 4 is 28.9 Å². The molecule has 100 valence electrons. The molecule has 0 aromatic heterocycles. The lowest BCUT2D eigenvalue weighted by atomic mass is 10.1. The minimum Gasteiger partial charge on any atom is -0.496 e. The van der Waals surface area contributed by atoms with Crippen LogP contribution in [0.2, 0.25) is 10.0 Å². The third-order valence-corrected chi connectivity index (χ3v) is 3.47. The van der Waals surface area contributed by atoms with E-state index in [4.69, 9.17) is 27.9 Å². The Balaban J connectivity index is 2.25. The van der Waals surface area contributed by atoms with E-state index in [1.54, 1.807) is 19.2 Å². The Morgan fingerprint density at radius 1 is 1.11 bits per heavy atom. The molecule has 2 aromatic carbocycles. The van der Waals surface area contributed by atoms with Gasteiger partial charge in [-0.3, -0.25) is 0 Å². The van der Waals surface area contributed by atoms with E-state index in [0.717, 1.165) is 17.0 Å². The Morgan fingerprint density at radius 2 is 1.84 bits per heavy atom. The SMILES string of the molecule is COc1ccccc1C(C)Nc1cc(Cl)ccc1Cl. The molecule has 0 aliphatic carbocycles. The van der Waals surface area contributed by atoms with Gasteiger partial charge >= 0.3 is 0 Å². The van der Waals surface area contributed by atoms with Gasteiger partial charge in [0.2, 0.25) is 0 Å². The number of hydrogen-bond donors (Lipinski definition) is 1. The Labute approximate surface area is 123 Å². The van der Waals surface area contributed by atoms with E-state index in [2.05, 4.69) is 12.2 Å². The van der Waals surface area contributed by atoms with Crippen molar-refractivity contribution in [2.45, 2.75) is 13.0 Å². The molecular formula is C15H15Cl2NO. The van der Waals surface area contributed by atoms with Crippen LogP contribution in [0.25, 0.3) is 0 Å². The number of methoxy groups -OCH3 is 1. The summed E-state index contributed by atoms with van der Waals surface area (Å²) in [5.74, 6) is 0.848. The average molecular weight is 296 g/mol. The van der Waals surface area contributed by atoms with Crippen LogP contribution in [-0.4, -0.2) is 7.11 Å². The molecule has 0 aliphatic heterocycles. The first kappa shape index (κ1) is 14.0. The van der Waals surface area contributed by atoms with Crippen LogP contribution in [0.3, 0.4) is 0 Å². The third kappa shape index (κ3) is 3.34. The Morgan fingerprint density at radius 3 is 2.58 bits per heavy atom. The molecular weight excluding hydrogens is 281 g/mol. The van der Waals surface area contributed by atoms with Gasteiger partial charge in [0, 0.05) is 10.6 Å². The highest BCUT2D eigenvalue weighted by molar-refractivity contribution is 6.35. The van der Waals surface area contributed by atoms with E-state index in [1.165, 1.54) is 0 Å². The predicted octanol–water partition coefficient (Wildman–Crippen LogP) is 5.18. The molecule has 0 bridgehead atoms. The molecule has 0 saturated heterocycles. The summed E-state index contributed by atoms with van der Waals surface area (Å²) in [5.41, 5.74) is 1.88. The van der Waals surface area contributed by atoms with Crippen LogP contribution in [0.15, 0.2) is 42.5 Å². The van der Waals surface area contributed by atoms with Crippen LogP contribution in [0.1, 0.15) is 18.5 Å². The molecule has 0 spiro atoms. The Kier molecular flexibility index (Phi) is 4.56. The minimum atomic E-state index is 0.0621. The van der Waals surface area contributed by atoms with Gasteiger partial charge in [-0.25, -0.2) is 0 Å². The topological polar surface area (TPSA) is 21.3 Å². The van der Waals surface area contributed by atoms with Crippen LogP contribution in [0.4, 0.5) is 5.69 Å². The molecule has 0 radical (unpaired) electrons. The molecule has 2 nitrogen and oxygen atoms in total. The fourth-order valence-corrected chi connectivity index (χ4v) is 2.29. The lowest BCUT2D eigenvalue weighted by Crippen LogP contribution is -2.08. The standard InChI is InChI=1S/C15H15Cl2NO/c1-10(12-5-3-4-6-15(12)19-2)18-14-9-11(16)7-8-13(14)17/h3-10,18H,1-2H3. The number of anilines is 1. The van der Waals surface area contributed by atoms with Crippen molar-refractivity contribution in [2.24, 2.45) is 0 Å². The van der Waals surface area contributed by atoms with Gasteiger partial charge in [-0.2, -0.15) is 0 Å². The van der Waals surface area contributed by atoms with E-state index in [9.17, 15) is 0 Å². The summed E-state index contributed by atoms with van der Waals surface area (Å²) < 4.78 is 5.36. The summed E-state index contributed by atoms with van der Waals surface area (Å²) in [5, 5.41) is 4.64. The molecule has 0 fully saturated rings. The second-order valence-electron chi connectivity index (χ2n) is 4.23. The Bertz CT molecular complexity index is 572. The lowest BCUT2D eigenvalue weighted by Gasteiger charge is -2.19. The number of ether oxygens (including phenoxy) is 1. The first-order valence-corrected chi connectivity index (χ1v) is 6.72. The second-order valence-corrected chi connectivity index (χ2v) is 5.08. The van der Waals surface area contributed by atoms with Crippen LogP contribution in [0, 0.1) is 0 Å². The summed E-state index contributed by atoms with van der Waals surface area (Å²) in [6.45, 7) is 2.05. The maximum absolute atomic E-state index is 6.15. The van der Waals surface area contributed by atoms with Gasteiger partial charge in [-0.1, -0.05) is 41.4 Å². The smallest absolute Gasteiger partial charge is 0.124 e. The average Bonchev–Trinajstić information content (AvgIpc) is 2.42. The van der Waals surface area contributed by atoms with Crippen LogP contribution in [0.5, 0.6) is 5.75 Å². The number of benzene rings is 2. The molecule has 1 N–H and O–H groups in total. The molecule has 1 atom stereocenters. The van der Waals surface area contributed by atoms with Gasteiger partial charge < -0.3 is 10.1 Å². The first-order chi connectivity index (χ1) is 9.11. The van der Waals surface area contributed by atoms with E-state index in [0.29, 0.717) is 10.0 Å². The molecule has 19 heavy (non-hydrogen) atoms. The largest absolute Gasteiger partial charge is 0.496 e. The van der Waals surface area contributed by atoms with E-state index < -0.39 is 0 Å². The lowest BCUT2D eigenvalue weighted by molar-refractivity contribution is 0.408. The minimum absolute atomic E-state index is 0.0621.